The van der Waals surface area contributed by atoms with Gasteiger partial charge in [0.2, 0.25) is 5.91 Å². The summed E-state index contributed by atoms with van der Waals surface area (Å²) in [5, 5.41) is 12.4. The van der Waals surface area contributed by atoms with E-state index in [2.05, 4.69) is 5.32 Å². The molecule has 1 saturated heterocycles. The zero-order chi connectivity index (χ0) is 13.6. The van der Waals surface area contributed by atoms with E-state index < -0.39 is 11.4 Å². The quantitative estimate of drug-likeness (QED) is 0.669. The molecule has 1 atom stereocenters. The standard InChI is InChI=1S/C13H24N2O3/c1-3-5-13(12(17)18)6-8-15(10-13)11(16)9-14-7-4-2/h14H,3-10H2,1-2H3,(H,17,18). The lowest BCUT2D eigenvalue weighted by molar-refractivity contribution is -0.149. The van der Waals surface area contributed by atoms with Crippen molar-refractivity contribution >= 4 is 11.9 Å². The number of rotatable bonds is 7. The first-order chi connectivity index (χ1) is 8.55. The smallest absolute Gasteiger partial charge is 0.311 e. The molecule has 0 bridgehead atoms. The Balaban J connectivity index is 2.52. The van der Waals surface area contributed by atoms with Crippen LogP contribution in [0.2, 0.25) is 0 Å². The van der Waals surface area contributed by atoms with Crippen LogP contribution in [0.1, 0.15) is 39.5 Å². The molecular formula is C13H24N2O3. The third-order valence-electron chi connectivity index (χ3n) is 3.59. The lowest BCUT2D eigenvalue weighted by atomic mass is 9.83. The third kappa shape index (κ3) is 3.45. The number of aliphatic carboxylic acids is 1. The van der Waals surface area contributed by atoms with Crippen LogP contribution in [0.5, 0.6) is 0 Å². The molecule has 1 fully saturated rings. The molecule has 1 heterocycles. The van der Waals surface area contributed by atoms with Gasteiger partial charge in [0.25, 0.3) is 0 Å². The first-order valence-electron chi connectivity index (χ1n) is 6.77. The Hall–Kier alpha value is -1.10. The van der Waals surface area contributed by atoms with Gasteiger partial charge in [-0.2, -0.15) is 0 Å². The highest BCUT2D eigenvalue weighted by atomic mass is 16.4. The fraction of sp³-hybridized carbons (Fsp3) is 0.846. The SMILES string of the molecule is CCCNCC(=O)N1CCC(CCC)(C(=O)O)C1. The van der Waals surface area contributed by atoms with E-state index in [-0.39, 0.29) is 5.91 Å². The van der Waals surface area contributed by atoms with E-state index in [9.17, 15) is 14.7 Å². The Morgan fingerprint density at radius 2 is 2.06 bits per heavy atom. The van der Waals surface area contributed by atoms with Gasteiger partial charge in [0.05, 0.1) is 12.0 Å². The molecule has 0 radical (unpaired) electrons. The summed E-state index contributed by atoms with van der Waals surface area (Å²) in [6, 6.07) is 0. The molecule has 2 N–H and O–H groups in total. The van der Waals surface area contributed by atoms with Crippen LogP contribution in [0, 0.1) is 5.41 Å². The molecule has 5 heteroatoms. The van der Waals surface area contributed by atoms with Gasteiger partial charge in [-0.3, -0.25) is 9.59 Å². The molecule has 1 amide bonds. The van der Waals surface area contributed by atoms with E-state index in [0.29, 0.717) is 32.5 Å². The van der Waals surface area contributed by atoms with Crippen molar-refractivity contribution < 1.29 is 14.7 Å². The summed E-state index contributed by atoms with van der Waals surface area (Å²) >= 11 is 0. The van der Waals surface area contributed by atoms with Gasteiger partial charge in [-0.1, -0.05) is 20.3 Å². The van der Waals surface area contributed by atoms with Crippen molar-refractivity contribution in [3.05, 3.63) is 0 Å². The van der Waals surface area contributed by atoms with E-state index in [1.807, 2.05) is 13.8 Å². The molecular weight excluding hydrogens is 232 g/mol. The lowest BCUT2D eigenvalue weighted by Crippen LogP contribution is -2.40. The summed E-state index contributed by atoms with van der Waals surface area (Å²) in [6.45, 7) is 6.10. The second-order valence-corrected chi connectivity index (χ2v) is 5.08. The Bertz CT molecular complexity index is 307. The fourth-order valence-electron chi connectivity index (χ4n) is 2.53. The van der Waals surface area contributed by atoms with E-state index in [4.69, 9.17) is 0 Å². The van der Waals surface area contributed by atoms with Gasteiger partial charge >= 0.3 is 5.97 Å². The molecule has 1 aliphatic heterocycles. The molecule has 0 aromatic heterocycles. The summed E-state index contributed by atoms with van der Waals surface area (Å²) in [7, 11) is 0. The molecule has 0 aromatic rings. The molecule has 1 aliphatic rings. The minimum Gasteiger partial charge on any atom is -0.481 e. The number of likely N-dealkylation sites (tertiary alicyclic amines) is 1. The lowest BCUT2D eigenvalue weighted by Gasteiger charge is -2.24. The van der Waals surface area contributed by atoms with Gasteiger partial charge in [0.1, 0.15) is 0 Å². The third-order valence-corrected chi connectivity index (χ3v) is 3.59. The fourth-order valence-corrected chi connectivity index (χ4v) is 2.53. The Kier molecular flexibility index (Phi) is 5.59. The van der Waals surface area contributed by atoms with Crippen LogP contribution in [-0.2, 0) is 9.59 Å². The minimum atomic E-state index is -0.763. The van der Waals surface area contributed by atoms with Crippen molar-refractivity contribution in [2.45, 2.75) is 39.5 Å². The summed E-state index contributed by atoms with van der Waals surface area (Å²) in [5.74, 6) is -0.746. The van der Waals surface area contributed by atoms with E-state index >= 15 is 0 Å². The molecule has 18 heavy (non-hydrogen) atoms. The molecule has 0 spiro atoms. The topological polar surface area (TPSA) is 69.6 Å². The molecule has 1 rings (SSSR count). The largest absolute Gasteiger partial charge is 0.481 e. The average Bonchev–Trinajstić information content (AvgIpc) is 2.75. The number of amides is 1. The molecule has 1 unspecified atom stereocenters. The highest BCUT2D eigenvalue weighted by molar-refractivity contribution is 5.81. The molecule has 0 saturated carbocycles. The number of hydrogen-bond acceptors (Lipinski definition) is 3. The van der Waals surface area contributed by atoms with Crippen molar-refractivity contribution in [3.63, 3.8) is 0 Å². The number of carbonyl (C=O) groups excluding carboxylic acids is 1. The summed E-state index contributed by atoms with van der Waals surface area (Å²) in [6.07, 6.45) is 3.05. The maximum Gasteiger partial charge on any atom is 0.311 e. The summed E-state index contributed by atoms with van der Waals surface area (Å²) < 4.78 is 0. The predicted molar refractivity (Wildman–Crippen MR) is 69.3 cm³/mol. The van der Waals surface area contributed by atoms with Gasteiger partial charge < -0.3 is 15.3 Å². The minimum absolute atomic E-state index is 0.0164. The molecule has 5 nitrogen and oxygen atoms in total. The number of carbonyl (C=O) groups is 2. The van der Waals surface area contributed by atoms with Crippen molar-refractivity contribution in [2.75, 3.05) is 26.2 Å². The van der Waals surface area contributed by atoms with E-state index in [1.54, 1.807) is 4.90 Å². The predicted octanol–water partition coefficient (Wildman–Crippen LogP) is 1.09. The highest BCUT2D eigenvalue weighted by Gasteiger charge is 2.45. The van der Waals surface area contributed by atoms with Crippen molar-refractivity contribution in [1.82, 2.24) is 10.2 Å². The zero-order valence-corrected chi connectivity index (χ0v) is 11.4. The van der Waals surface area contributed by atoms with Gasteiger partial charge in [-0.05, 0) is 25.8 Å². The van der Waals surface area contributed by atoms with E-state index in [1.165, 1.54) is 0 Å². The number of nitrogens with zero attached hydrogens (tertiary/aromatic N) is 1. The second kappa shape index (κ2) is 6.73. The molecule has 0 aromatic carbocycles. The van der Waals surface area contributed by atoms with E-state index in [0.717, 1.165) is 19.4 Å². The summed E-state index contributed by atoms with van der Waals surface area (Å²) in [5.41, 5.74) is -0.713. The zero-order valence-electron chi connectivity index (χ0n) is 11.4. The number of carboxylic acids is 1. The van der Waals surface area contributed by atoms with Gasteiger partial charge in [0.15, 0.2) is 0 Å². The first kappa shape index (κ1) is 15.0. The Morgan fingerprint density at radius 3 is 2.61 bits per heavy atom. The monoisotopic (exact) mass is 256 g/mol. The maximum atomic E-state index is 11.9. The normalized spacial score (nSPS) is 23.3. The average molecular weight is 256 g/mol. The Morgan fingerprint density at radius 1 is 1.33 bits per heavy atom. The van der Waals surface area contributed by atoms with Crippen molar-refractivity contribution in [2.24, 2.45) is 5.41 Å². The number of hydrogen-bond donors (Lipinski definition) is 2. The van der Waals surface area contributed by atoms with Crippen LogP contribution < -0.4 is 5.32 Å². The van der Waals surface area contributed by atoms with Crippen LogP contribution in [0.15, 0.2) is 0 Å². The van der Waals surface area contributed by atoms with Crippen LogP contribution in [0.25, 0.3) is 0 Å². The van der Waals surface area contributed by atoms with Crippen LogP contribution >= 0.6 is 0 Å². The Labute approximate surface area is 109 Å². The number of nitrogens with one attached hydrogen (secondary N) is 1. The van der Waals surface area contributed by atoms with Crippen LogP contribution in [0.3, 0.4) is 0 Å². The first-order valence-corrected chi connectivity index (χ1v) is 6.77. The van der Waals surface area contributed by atoms with Gasteiger partial charge in [0, 0.05) is 13.1 Å². The van der Waals surface area contributed by atoms with Gasteiger partial charge in [-0.15, -0.1) is 0 Å². The molecule has 104 valence electrons. The second-order valence-electron chi connectivity index (χ2n) is 5.08. The maximum absolute atomic E-state index is 11.9. The summed E-state index contributed by atoms with van der Waals surface area (Å²) in [4.78, 5) is 25.0. The number of carboxylic acid groups (broad SMARTS) is 1. The van der Waals surface area contributed by atoms with Crippen molar-refractivity contribution in [1.29, 1.82) is 0 Å². The highest BCUT2D eigenvalue weighted by Crippen LogP contribution is 2.35. The van der Waals surface area contributed by atoms with Crippen molar-refractivity contribution in [3.8, 4) is 0 Å². The molecule has 0 aliphatic carbocycles. The van der Waals surface area contributed by atoms with Crippen LogP contribution in [-0.4, -0.2) is 48.1 Å². The van der Waals surface area contributed by atoms with Crippen LogP contribution in [0.4, 0.5) is 0 Å². The van der Waals surface area contributed by atoms with Gasteiger partial charge in [-0.25, -0.2) is 0 Å².